The first-order valence-corrected chi connectivity index (χ1v) is 10.0. The minimum atomic E-state index is -0.306. The predicted octanol–water partition coefficient (Wildman–Crippen LogP) is 1.65. The molecule has 0 aromatic carbocycles. The van der Waals surface area contributed by atoms with E-state index >= 15 is 0 Å². The monoisotopic (exact) mass is 385 g/mol. The van der Waals surface area contributed by atoms with Gasteiger partial charge in [-0.2, -0.15) is 4.98 Å². The summed E-state index contributed by atoms with van der Waals surface area (Å²) in [4.78, 5) is 15.1. The molecule has 1 aromatic heterocycles. The summed E-state index contributed by atoms with van der Waals surface area (Å²) < 4.78 is 0.254. The van der Waals surface area contributed by atoms with E-state index in [2.05, 4.69) is 41.0 Å². The number of nitrogens with zero attached hydrogens (tertiary/aromatic N) is 5. The number of hydrogen-bond donors (Lipinski definition) is 4. The number of nitrogens with one attached hydrogen (secondary N) is 1. The van der Waals surface area contributed by atoms with E-state index in [1.807, 2.05) is 0 Å². The average Bonchev–Trinajstić information content (AvgIpc) is 2.69. The fraction of sp³-hybridized carbons (Fsp3) is 0.833. The van der Waals surface area contributed by atoms with Crippen molar-refractivity contribution in [1.82, 2.24) is 19.4 Å². The molecule has 1 rings (SSSR count). The van der Waals surface area contributed by atoms with Gasteiger partial charge in [0.25, 0.3) is 0 Å². The third-order valence-corrected chi connectivity index (χ3v) is 4.66. The van der Waals surface area contributed by atoms with Crippen molar-refractivity contribution < 1.29 is 15.3 Å². The summed E-state index contributed by atoms with van der Waals surface area (Å²) in [7, 11) is 0. The molecule has 0 fully saturated rings. The van der Waals surface area contributed by atoms with Crippen molar-refractivity contribution in [3.63, 3.8) is 0 Å². The Labute approximate surface area is 162 Å². The Balaban J connectivity index is 3.36. The molecular formula is C18H37N6O3+. The van der Waals surface area contributed by atoms with E-state index in [9.17, 15) is 15.3 Å². The topological polar surface area (TPSA) is 115 Å². The van der Waals surface area contributed by atoms with Crippen LogP contribution >= 0.6 is 0 Å². The van der Waals surface area contributed by atoms with E-state index in [0.29, 0.717) is 18.4 Å². The van der Waals surface area contributed by atoms with E-state index in [1.165, 1.54) is 0 Å². The Bertz CT molecular complexity index is 524. The Hall–Kier alpha value is -1.55. The van der Waals surface area contributed by atoms with Gasteiger partial charge in [-0.3, -0.25) is 0 Å². The van der Waals surface area contributed by atoms with Gasteiger partial charge in [0.15, 0.2) is 6.73 Å². The highest BCUT2D eigenvalue weighted by atomic mass is 16.3. The Morgan fingerprint density at radius 2 is 1.52 bits per heavy atom. The summed E-state index contributed by atoms with van der Waals surface area (Å²) in [6.07, 6.45) is 5.77. The molecule has 0 aliphatic carbocycles. The summed E-state index contributed by atoms with van der Waals surface area (Å²) in [5.74, 6) is 1.07. The Morgan fingerprint density at radius 3 is 2.00 bits per heavy atom. The number of aliphatic hydroxyl groups is 3. The minimum absolute atomic E-state index is 0.101. The van der Waals surface area contributed by atoms with Crippen LogP contribution in [0, 0.1) is 0 Å². The highest BCUT2D eigenvalue weighted by molar-refractivity contribution is 5.43. The molecule has 0 saturated carbocycles. The van der Waals surface area contributed by atoms with Gasteiger partial charge in [0, 0.05) is 6.54 Å². The average molecular weight is 386 g/mol. The first kappa shape index (κ1) is 23.5. The van der Waals surface area contributed by atoms with Gasteiger partial charge in [-0.25, -0.2) is 4.48 Å². The van der Waals surface area contributed by atoms with Crippen LogP contribution in [0.1, 0.15) is 59.3 Å². The zero-order valence-electron chi connectivity index (χ0n) is 17.1. The highest BCUT2D eigenvalue weighted by Crippen LogP contribution is 2.24. The predicted molar refractivity (Wildman–Crippen MR) is 108 cm³/mol. The van der Waals surface area contributed by atoms with Crippen LogP contribution in [-0.4, -0.2) is 70.1 Å². The first-order chi connectivity index (χ1) is 13.1. The maximum absolute atomic E-state index is 10.3. The van der Waals surface area contributed by atoms with Crippen LogP contribution in [0.3, 0.4) is 0 Å². The van der Waals surface area contributed by atoms with E-state index in [4.69, 9.17) is 0 Å². The molecule has 156 valence electrons. The van der Waals surface area contributed by atoms with E-state index in [0.717, 1.165) is 51.6 Å². The molecule has 0 radical (unpaired) electrons. The molecule has 0 saturated heterocycles. The van der Waals surface area contributed by atoms with Crippen molar-refractivity contribution in [1.29, 1.82) is 0 Å². The minimum Gasteiger partial charge on any atom is -0.376 e. The van der Waals surface area contributed by atoms with Crippen molar-refractivity contribution in [2.45, 2.75) is 59.3 Å². The fourth-order valence-electron chi connectivity index (χ4n) is 2.88. The molecule has 0 aliphatic rings. The van der Waals surface area contributed by atoms with Gasteiger partial charge in [0.1, 0.15) is 13.5 Å². The second-order valence-electron chi connectivity index (χ2n) is 6.79. The van der Waals surface area contributed by atoms with Crippen LogP contribution in [0.5, 0.6) is 0 Å². The van der Waals surface area contributed by atoms with Gasteiger partial charge in [-0.05, 0) is 19.3 Å². The largest absolute Gasteiger partial charge is 0.376 e. The van der Waals surface area contributed by atoms with Crippen LogP contribution in [0.15, 0.2) is 0 Å². The molecular weight excluding hydrogens is 348 g/mol. The van der Waals surface area contributed by atoms with Crippen LogP contribution in [-0.2, 0) is 0 Å². The lowest BCUT2D eigenvalue weighted by Gasteiger charge is -2.34. The lowest BCUT2D eigenvalue weighted by Crippen LogP contribution is -2.53. The van der Waals surface area contributed by atoms with Gasteiger partial charge < -0.3 is 25.5 Å². The molecule has 4 N–H and O–H groups in total. The molecule has 1 heterocycles. The van der Waals surface area contributed by atoms with Crippen molar-refractivity contribution in [2.75, 3.05) is 50.0 Å². The normalized spacial score (nSPS) is 11.6. The SMILES string of the molecule is CCCCN(CO)c1nc(NCO)nc([N+](CO)(CCCC)CCCC)n1. The van der Waals surface area contributed by atoms with Crippen molar-refractivity contribution >= 4 is 17.8 Å². The summed E-state index contributed by atoms with van der Waals surface area (Å²) in [6.45, 7) is 7.77. The quantitative estimate of drug-likeness (QED) is 0.266. The van der Waals surface area contributed by atoms with Gasteiger partial charge >= 0.3 is 5.95 Å². The van der Waals surface area contributed by atoms with Crippen LogP contribution in [0.4, 0.5) is 17.8 Å². The summed E-state index contributed by atoms with van der Waals surface area (Å²) in [5, 5.41) is 32.0. The summed E-state index contributed by atoms with van der Waals surface area (Å²) in [5.41, 5.74) is 0. The Morgan fingerprint density at radius 1 is 0.889 bits per heavy atom. The maximum Gasteiger partial charge on any atom is 0.337 e. The van der Waals surface area contributed by atoms with E-state index in [1.54, 1.807) is 4.90 Å². The molecule has 1 aromatic rings. The molecule has 9 nitrogen and oxygen atoms in total. The van der Waals surface area contributed by atoms with Crippen LogP contribution < -0.4 is 14.7 Å². The zero-order valence-corrected chi connectivity index (χ0v) is 17.1. The number of aliphatic hydroxyl groups excluding tert-OH is 3. The third kappa shape index (κ3) is 6.84. The molecule has 9 heteroatoms. The van der Waals surface area contributed by atoms with Crippen molar-refractivity contribution in [2.24, 2.45) is 0 Å². The number of hydrogen-bond acceptors (Lipinski definition) is 8. The number of aromatic nitrogens is 3. The van der Waals surface area contributed by atoms with Gasteiger partial charge in [0.2, 0.25) is 11.9 Å². The van der Waals surface area contributed by atoms with Gasteiger partial charge in [-0.15, -0.1) is 9.97 Å². The highest BCUT2D eigenvalue weighted by Gasteiger charge is 2.34. The lowest BCUT2D eigenvalue weighted by atomic mass is 10.2. The summed E-state index contributed by atoms with van der Waals surface area (Å²) in [6, 6.07) is 0. The number of unbranched alkanes of at least 4 members (excludes halogenated alkanes) is 3. The second kappa shape index (κ2) is 12.8. The summed E-state index contributed by atoms with van der Waals surface area (Å²) >= 11 is 0. The molecule has 0 unspecified atom stereocenters. The van der Waals surface area contributed by atoms with Crippen LogP contribution in [0.2, 0.25) is 0 Å². The van der Waals surface area contributed by atoms with Gasteiger partial charge in [-0.1, -0.05) is 40.0 Å². The number of quaternary nitrogens is 1. The van der Waals surface area contributed by atoms with Gasteiger partial charge in [0.05, 0.1) is 13.1 Å². The molecule has 0 aliphatic heterocycles. The third-order valence-electron chi connectivity index (χ3n) is 4.66. The number of anilines is 2. The number of rotatable bonds is 15. The molecule has 27 heavy (non-hydrogen) atoms. The first-order valence-electron chi connectivity index (χ1n) is 10.0. The molecule has 0 atom stereocenters. The van der Waals surface area contributed by atoms with Crippen molar-refractivity contribution in [3.05, 3.63) is 0 Å². The maximum atomic E-state index is 10.3. The van der Waals surface area contributed by atoms with Crippen LogP contribution in [0.25, 0.3) is 0 Å². The zero-order chi connectivity index (χ0) is 20.1. The van der Waals surface area contributed by atoms with E-state index < -0.39 is 0 Å². The molecule has 0 spiro atoms. The lowest BCUT2D eigenvalue weighted by molar-refractivity contribution is 0.101. The standard InChI is InChI=1S/C18H37N6O3/c1-4-7-10-23(14-26)17-20-16(19-13-25)21-18(22-17)24(15-27,11-8-5-2)12-9-6-3/h25-27H,4-15H2,1-3H3,(H,19,20,21,22)/q+1. The smallest absolute Gasteiger partial charge is 0.337 e. The van der Waals surface area contributed by atoms with E-state index in [-0.39, 0.29) is 30.6 Å². The molecule has 0 bridgehead atoms. The fourth-order valence-corrected chi connectivity index (χ4v) is 2.88. The van der Waals surface area contributed by atoms with Crippen molar-refractivity contribution in [3.8, 4) is 0 Å². The second-order valence-corrected chi connectivity index (χ2v) is 6.79. The Kier molecular flexibility index (Phi) is 11.1. The molecule has 0 amide bonds.